The molecule has 0 radical (unpaired) electrons. The molecule has 0 aromatic carbocycles. The van der Waals surface area contributed by atoms with Gasteiger partial charge in [0.1, 0.15) is 0 Å². The van der Waals surface area contributed by atoms with Crippen LogP contribution in [0.15, 0.2) is 18.3 Å². The SMILES string of the molecule is CC(C)CN(Cc1cc(N)ccn1)C1CC1. The van der Waals surface area contributed by atoms with Crippen LogP contribution in [0.2, 0.25) is 0 Å². The Labute approximate surface area is 97.7 Å². The summed E-state index contributed by atoms with van der Waals surface area (Å²) in [7, 11) is 0. The van der Waals surface area contributed by atoms with Gasteiger partial charge in [0.15, 0.2) is 0 Å². The van der Waals surface area contributed by atoms with Crippen LogP contribution in [0.25, 0.3) is 0 Å². The summed E-state index contributed by atoms with van der Waals surface area (Å²) >= 11 is 0. The number of nitrogen functional groups attached to an aromatic ring is 1. The molecule has 0 aliphatic heterocycles. The molecule has 1 aromatic rings. The van der Waals surface area contributed by atoms with Gasteiger partial charge in [-0.15, -0.1) is 0 Å². The van der Waals surface area contributed by atoms with E-state index in [-0.39, 0.29) is 0 Å². The topological polar surface area (TPSA) is 42.1 Å². The second-order valence-electron chi connectivity index (χ2n) is 5.13. The van der Waals surface area contributed by atoms with E-state index in [0.29, 0.717) is 5.92 Å². The minimum absolute atomic E-state index is 0.710. The molecule has 0 saturated heterocycles. The highest BCUT2D eigenvalue weighted by Gasteiger charge is 2.29. The van der Waals surface area contributed by atoms with Crippen LogP contribution in [0.3, 0.4) is 0 Å². The van der Waals surface area contributed by atoms with Gasteiger partial charge in [-0.05, 0) is 30.9 Å². The molecule has 0 bridgehead atoms. The van der Waals surface area contributed by atoms with E-state index in [0.717, 1.165) is 30.5 Å². The minimum atomic E-state index is 0.710. The molecule has 1 aromatic heterocycles. The molecule has 0 atom stereocenters. The van der Waals surface area contributed by atoms with Crippen molar-refractivity contribution in [3.05, 3.63) is 24.0 Å². The second kappa shape index (κ2) is 4.83. The molecular weight excluding hydrogens is 198 g/mol. The molecule has 2 N–H and O–H groups in total. The molecule has 88 valence electrons. The van der Waals surface area contributed by atoms with Gasteiger partial charge in [0.2, 0.25) is 0 Å². The van der Waals surface area contributed by atoms with Crippen molar-refractivity contribution in [2.24, 2.45) is 5.92 Å². The van der Waals surface area contributed by atoms with E-state index in [2.05, 4.69) is 23.7 Å². The average Bonchev–Trinajstić information content (AvgIpc) is 2.99. The fourth-order valence-corrected chi connectivity index (χ4v) is 2.04. The van der Waals surface area contributed by atoms with Gasteiger partial charge in [-0.3, -0.25) is 9.88 Å². The van der Waals surface area contributed by atoms with E-state index in [9.17, 15) is 0 Å². The van der Waals surface area contributed by atoms with E-state index >= 15 is 0 Å². The van der Waals surface area contributed by atoms with Crippen molar-refractivity contribution in [2.75, 3.05) is 12.3 Å². The van der Waals surface area contributed by atoms with Crippen LogP contribution in [0.1, 0.15) is 32.4 Å². The maximum atomic E-state index is 5.77. The molecule has 1 aliphatic rings. The second-order valence-corrected chi connectivity index (χ2v) is 5.13. The van der Waals surface area contributed by atoms with E-state index < -0.39 is 0 Å². The number of aromatic nitrogens is 1. The standard InChI is InChI=1S/C13H21N3/c1-10(2)8-16(13-3-4-13)9-12-7-11(14)5-6-15-12/h5-7,10,13H,3-4,8-9H2,1-2H3,(H2,14,15). The molecule has 16 heavy (non-hydrogen) atoms. The summed E-state index contributed by atoms with van der Waals surface area (Å²) in [5, 5.41) is 0. The molecule has 1 fully saturated rings. The summed E-state index contributed by atoms with van der Waals surface area (Å²) < 4.78 is 0. The lowest BCUT2D eigenvalue weighted by Crippen LogP contribution is -2.29. The number of pyridine rings is 1. The molecule has 0 unspecified atom stereocenters. The molecule has 3 nitrogen and oxygen atoms in total. The van der Waals surface area contributed by atoms with Gasteiger partial charge in [0.05, 0.1) is 5.69 Å². The van der Waals surface area contributed by atoms with Gasteiger partial charge in [0.25, 0.3) is 0 Å². The Bertz CT molecular complexity index is 345. The smallest absolute Gasteiger partial charge is 0.0564 e. The molecule has 2 rings (SSSR count). The third kappa shape index (κ3) is 3.20. The normalized spacial score (nSPS) is 16.0. The predicted octanol–water partition coefficient (Wildman–Crippen LogP) is 2.28. The zero-order valence-corrected chi connectivity index (χ0v) is 10.2. The molecule has 1 saturated carbocycles. The van der Waals surface area contributed by atoms with Crippen molar-refractivity contribution in [1.82, 2.24) is 9.88 Å². The number of hydrogen-bond donors (Lipinski definition) is 1. The Morgan fingerprint density at radius 3 is 2.81 bits per heavy atom. The van der Waals surface area contributed by atoms with Crippen LogP contribution in [0.5, 0.6) is 0 Å². The third-order valence-corrected chi connectivity index (χ3v) is 2.87. The van der Waals surface area contributed by atoms with Crippen molar-refractivity contribution in [3.8, 4) is 0 Å². The summed E-state index contributed by atoms with van der Waals surface area (Å²) in [5.41, 5.74) is 7.67. The van der Waals surface area contributed by atoms with Gasteiger partial charge in [-0.1, -0.05) is 13.8 Å². The third-order valence-electron chi connectivity index (χ3n) is 2.87. The first kappa shape index (κ1) is 11.4. The van der Waals surface area contributed by atoms with Gasteiger partial charge in [-0.2, -0.15) is 0 Å². The monoisotopic (exact) mass is 219 g/mol. The van der Waals surface area contributed by atoms with Gasteiger partial charge in [0, 0.05) is 31.0 Å². The molecule has 3 heteroatoms. The first-order valence-corrected chi connectivity index (χ1v) is 6.09. The Hall–Kier alpha value is -1.09. The van der Waals surface area contributed by atoms with Crippen molar-refractivity contribution >= 4 is 5.69 Å². The van der Waals surface area contributed by atoms with Crippen molar-refractivity contribution in [3.63, 3.8) is 0 Å². The average molecular weight is 219 g/mol. The van der Waals surface area contributed by atoms with Gasteiger partial charge < -0.3 is 5.73 Å². The zero-order valence-electron chi connectivity index (χ0n) is 10.2. The molecule has 1 heterocycles. The highest BCUT2D eigenvalue weighted by molar-refractivity contribution is 5.37. The van der Waals surface area contributed by atoms with Crippen molar-refractivity contribution in [1.29, 1.82) is 0 Å². The quantitative estimate of drug-likeness (QED) is 0.826. The lowest BCUT2D eigenvalue weighted by molar-refractivity contribution is 0.223. The highest BCUT2D eigenvalue weighted by atomic mass is 15.2. The number of nitrogens with two attached hydrogens (primary N) is 1. The van der Waals surface area contributed by atoms with Crippen LogP contribution in [0.4, 0.5) is 5.69 Å². The summed E-state index contributed by atoms with van der Waals surface area (Å²) in [5.74, 6) is 0.710. The summed E-state index contributed by atoms with van der Waals surface area (Å²) in [4.78, 5) is 6.91. The van der Waals surface area contributed by atoms with E-state index in [4.69, 9.17) is 5.73 Å². The summed E-state index contributed by atoms with van der Waals surface area (Å²) in [6, 6.07) is 4.61. The Kier molecular flexibility index (Phi) is 3.44. The Balaban J connectivity index is 1.99. The van der Waals surface area contributed by atoms with Crippen LogP contribution in [-0.4, -0.2) is 22.5 Å². The first-order valence-electron chi connectivity index (χ1n) is 6.09. The maximum Gasteiger partial charge on any atom is 0.0564 e. The van der Waals surface area contributed by atoms with Crippen molar-refractivity contribution < 1.29 is 0 Å². The van der Waals surface area contributed by atoms with E-state index in [1.807, 2.05) is 12.1 Å². The Morgan fingerprint density at radius 1 is 1.50 bits per heavy atom. The number of anilines is 1. The number of nitrogens with zero attached hydrogens (tertiary/aromatic N) is 2. The fraction of sp³-hybridized carbons (Fsp3) is 0.615. The molecular formula is C13H21N3. The predicted molar refractivity (Wildman–Crippen MR) is 66.9 cm³/mol. The van der Waals surface area contributed by atoms with Gasteiger partial charge >= 0.3 is 0 Å². The lowest BCUT2D eigenvalue weighted by Gasteiger charge is -2.23. The Morgan fingerprint density at radius 2 is 2.25 bits per heavy atom. The largest absolute Gasteiger partial charge is 0.399 e. The highest BCUT2D eigenvalue weighted by Crippen LogP contribution is 2.28. The molecule has 0 amide bonds. The number of hydrogen-bond acceptors (Lipinski definition) is 3. The molecule has 1 aliphatic carbocycles. The first-order chi connectivity index (χ1) is 7.65. The van der Waals surface area contributed by atoms with Gasteiger partial charge in [-0.25, -0.2) is 0 Å². The fourth-order valence-electron chi connectivity index (χ4n) is 2.04. The zero-order chi connectivity index (χ0) is 11.5. The van der Waals surface area contributed by atoms with Crippen LogP contribution in [-0.2, 0) is 6.54 Å². The molecule has 0 spiro atoms. The van der Waals surface area contributed by atoms with E-state index in [1.54, 1.807) is 6.20 Å². The maximum absolute atomic E-state index is 5.77. The summed E-state index contributed by atoms with van der Waals surface area (Å²) in [6.45, 7) is 6.62. The lowest BCUT2D eigenvalue weighted by atomic mass is 10.2. The van der Waals surface area contributed by atoms with Crippen LogP contribution in [0, 0.1) is 5.92 Å². The summed E-state index contributed by atoms with van der Waals surface area (Å²) in [6.07, 6.45) is 4.48. The number of rotatable bonds is 5. The minimum Gasteiger partial charge on any atom is -0.399 e. The van der Waals surface area contributed by atoms with E-state index in [1.165, 1.54) is 12.8 Å². The van der Waals surface area contributed by atoms with Crippen molar-refractivity contribution in [2.45, 2.75) is 39.3 Å². The van der Waals surface area contributed by atoms with Crippen LogP contribution >= 0.6 is 0 Å². The van der Waals surface area contributed by atoms with Crippen LogP contribution < -0.4 is 5.73 Å².